The van der Waals surface area contributed by atoms with Crippen molar-refractivity contribution in [3.63, 3.8) is 0 Å². The Bertz CT molecular complexity index is 1390. The summed E-state index contributed by atoms with van der Waals surface area (Å²) in [6.07, 6.45) is 15.8. The summed E-state index contributed by atoms with van der Waals surface area (Å²) < 4.78 is 3.51. The molecular weight excluding hydrogens is 619 g/mol. The molecule has 3 heteroatoms. The standard InChI is InChI=1S/C21H25.C17H23.2ClH.Zr/c1-20(2,3)16-9-7-14-11-15-8-10-17(21(4,5)6)13-19(15)18(14)12-16;1-12-3-4-16(2,8-12)17-9-13-5-14(10-17)7-15(6-13)11-17;;;/h7,9-10,12-13H,11H2,1-6H3;4,8,13-15H,5-7,9-11H2,1-2H3;2*1H;/q;;;;+2/p-2. The smallest absolute Gasteiger partial charge is 1.00 e. The normalized spacial score (nSPS) is 31.0. The Morgan fingerprint density at radius 3 is 1.85 bits per heavy atom. The zero-order chi connectivity index (χ0) is 27.5. The number of hydrogen-bond donors (Lipinski definition) is 0. The number of halogens is 2. The van der Waals surface area contributed by atoms with Gasteiger partial charge in [0.15, 0.2) is 0 Å². The van der Waals surface area contributed by atoms with E-state index >= 15 is 0 Å². The summed E-state index contributed by atoms with van der Waals surface area (Å²) in [5.41, 5.74) is 12.0. The summed E-state index contributed by atoms with van der Waals surface area (Å²) in [6.45, 7) is 19.3. The van der Waals surface area contributed by atoms with E-state index in [4.69, 9.17) is 0 Å². The molecule has 0 amide bonds. The first-order valence-electron chi connectivity index (χ1n) is 15.7. The Morgan fingerprint density at radius 2 is 1.29 bits per heavy atom. The van der Waals surface area contributed by atoms with Crippen LogP contribution in [0.15, 0.2) is 51.3 Å². The van der Waals surface area contributed by atoms with Crippen molar-refractivity contribution in [1.82, 2.24) is 0 Å². The maximum absolute atomic E-state index is 2.84. The second-order valence-corrected chi connectivity index (χ2v) is 19.9. The Hall–Kier alpha value is -0.617. The Balaban J connectivity index is 0.00000169. The molecule has 6 aliphatic carbocycles. The minimum absolute atomic E-state index is 0. The van der Waals surface area contributed by atoms with Gasteiger partial charge in [0, 0.05) is 0 Å². The van der Waals surface area contributed by atoms with Crippen LogP contribution in [0.5, 0.6) is 0 Å². The van der Waals surface area contributed by atoms with Gasteiger partial charge in [-0.15, -0.1) is 0 Å². The molecule has 8 rings (SSSR count). The van der Waals surface area contributed by atoms with E-state index in [1.165, 1.54) is 60.8 Å². The van der Waals surface area contributed by atoms with Crippen LogP contribution in [0, 0.1) is 28.6 Å². The molecule has 4 bridgehead atoms. The molecule has 4 saturated carbocycles. The maximum atomic E-state index is 2.84. The predicted octanol–water partition coefficient (Wildman–Crippen LogP) is 3.64. The average molecular weight is 667 g/mol. The van der Waals surface area contributed by atoms with Gasteiger partial charge >= 0.3 is 251 Å². The van der Waals surface area contributed by atoms with Crippen molar-refractivity contribution in [2.75, 3.05) is 0 Å². The van der Waals surface area contributed by atoms with E-state index in [-0.39, 0.29) is 41.1 Å². The number of allylic oxidation sites excluding steroid dienone is 4. The third-order valence-corrected chi connectivity index (χ3v) is 15.3. The predicted molar refractivity (Wildman–Crippen MR) is 162 cm³/mol. The third kappa shape index (κ3) is 5.25. The van der Waals surface area contributed by atoms with Gasteiger partial charge in [0.2, 0.25) is 0 Å². The van der Waals surface area contributed by atoms with Crippen LogP contribution in [0.4, 0.5) is 0 Å². The number of fused-ring (bicyclic) bond motifs is 3. The van der Waals surface area contributed by atoms with Crippen LogP contribution in [0.2, 0.25) is 0 Å². The fourth-order valence-corrected chi connectivity index (χ4v) is 13.4. The molecule has 0 radical (unpaired) electrons. The summed E-state index contributed by atoms with van der Waals surface area (Å²) >= 11 is -0.949. The van der Waals surface area contributed by atoms with E-state index in [9.17, 15) is 0 Å². The zero-order valence-corrected chi connectivity index (χ0v) is 30.4. The number of rotatable bonds is 3. The Labute approximate surface area is 274 Å². The second-order valence-electron chi connectivity index (χ2n) is 16.6. The van der Waals surface area contributed by atoms with Crippen molar-refractivity contribution in [1.29, 1.82) is 0 Å². The fraction of sp³-hybridized carbons (Fsp3) is 0.579. The van der Waals surface area contributed by atoms with Gasteiger partial charge in [-0.25, -0.2) is 0 Å². The molecule has 2 aromatic rings. The Kier molecular flexibility index (Phi) is 8.13. The van der Waals surface area contributed by atoms with Gasteiger partial charge in [-0.05, 0) is 0 Å². The molecule has 1 atom stereocenters. The van der Waals surface area contributed by atoms with Crippen LogP contribution in [-0.4, -0.2) is 0 Å². The molecule has 0 aromatic heterocycles. The molecule has 0 N–H and O–H groups in total. The molecule has 4 fully saturated rings. The summed E-state index contributed by atoms with van der Waals surface area (Å²) in [5, 5.41) is 0. The van der Waals surface area contributed by atoms with Crippen molar-refractivity contribution in [3.05, 3.63) is 73.6 Å². The molecule has 0 nitrogen and oxygen atoms in total. The minimum atomic E-state index is -0.949. The summed E-state index contributed by atoms with van der Waals surface area (Å²) in [6, 6.07) is 12.5. The average Bonchev–Trinajstić information content (AvgIpc) is 3.34. The van der Waals surface area contributed by atoms with E-state index in [1.54, 1.807) is 23.3 Å². The van der Waals surface area contributed by atoms with Gasteiger partial charge in [0.05, 0.1) is 0 Å². The summed E-state index contributed by atoms with van der Waals surface area (Å²) in [7, 11) is 0. The molecular formula is C38H48Cl2Zr. The monoisotopic (exact) mass is 664 g/mol. The van der Waals surface area contributed by atoms with Gasteiger partial charge in [-0.3, -0.25) is 0 Å². The van der Waals surface area contributed by atoms with Gasteiger partial charge in [0.1, 0.15) is 0 Å². The quantitative estimate of drug-likeness (QED) is 0.401. The first kappa shape index (κ1) is 31.8. The van der Waals surface area contributed by atoms with Crippen molar-refractivity contribution in [2.45, 2.75) is 111 Å². The van der Waals surface area contributed by atoms with Gasteiger partial charge in [0.25, 0.3) is 0 Å². The molecule has 1 unspecified atom stereocenters. The largest absolute Gasteiger partial charge is 1.00 e. The zero-order valence-electron chi connectivity index (χ0n) is 26.5. The van der Waals surface area contributed by atoms with E-state index in [1.807, 2.05) is 0 Å². The van der Waals surface area contributed by atoms with Crippen LogP contribution in [0.3, 0.4) is 0 Å². The van der Waals surface area contributed by atoms with Crippen LogP contribution in [-0.2, 0) is 40.5 Å². The van der Waals surface area contributed by atoms with Gasteiger partial charge in [-0.2, -0.15) is 0 Å². The summed E-state index contributed by atoms with van der Waals surface area (Å²) in [5.74, 6) is 3.05. The maximum Gasteiger partial charge on any atom is -1.00 e. The molecule has 0 saturated heterocycles. The fourth-order valence-electron chi connectivity index (χ4n) is 9.62. The van der Waals surface area contributed by atoms with Crippen molar-refractivity contribution >= 4 is 3.27 Å². The van der Waals surface area contributed by atoms with Crippen molar-refractivity contribution < 1.29 is 48.0 Å². The van der Waals surface area contributed by atoms with Crippen LogP contribution < -0.4 is 28.1 Å². The van der Waals surface area contributed by atoms with E-state index in [0.29, 0.717) is 5.41 Å². The second kappa shape index (κ2) is 10.5. The molecule has 218 valence electrons. The first-order valence-corrected chi connectivity index (χ1v) is 18.2. The molecule has 0 heterocycles. The van der Waals surface area contributed by atoms with Crippen LogP contribution in [0.25, 0.3) is 11.1 Å². The molecule has 41 heavy (non-hydrogen) atoms. The van der Waals surface area contributed by atoms with E-state index in [2.05, 4.69) is 97.9 Å². The molecule has 6 aliphatic rings. The van der Waals surface area contributed by atoms with Gasteiger partial charge < -0.3 is 24.8 Å². The third-order valence-electron chi connectivity index (χ3n) is 11.6. The van der Waals surface area contributed by atoms with Crippen molar-refractivity contribution in [3.8, 4) is 11.1 Å². The van der Waals surface area contributed by atoms with Crippen molar-refractivity contribution in [2.24, 2.45) is 28.6 Å². The van der Waals surface area contributed by atoms with Crippen LogP contribution in [0.1, 0.15) is 116 Å². The number of hydrogen-bond acceptors (Lipinski definition) is 0. The molecule has 2 aromatic carbocycles. The minimum Gasteiger partial charge on any atom is -1.00 e. The number of benzene rings is 2. The SMILES string of the molecule is CC1=CC(C)(C23CC4CC(CC(C4)C2)C3)C=[C]1[Zr+2][c]1cc(C(C)(C)C)cc2c1Cc1ccc(C(C)(C)C)cc1-2.[Cl-].[Cl-]. The molecule has 0 aliphatic heterocycles. The van der Waals surface area contributed by atoms with Gasteiger partial charge in [-0.1, -0.05) is 0 Å². The first-order chi connectivity index (χ1) is 18.2. The van der Waals surface area contributed by atoms with E-state index in [0.717, 1.165) is 24.2 Å². The molecule has 0 spiro atoms. The van der Waals surface area contributed by atoms with E-state index < -0.39 is 23.2 Å². The van der Waals surface area contributed by atoms with Crippen LogP contribution >= 0.6 is 0 Å². The topological polar surface area (TPSA) is 0 Å². The summed E-state index contributed by atoms with van der Waals surface area (Å²) in [4.78, 5) is 0. The Morgan fingerprint density at radius 1 is 0.732 bits per heavy atom.